The lowest BCUT2D eigenvalue weighted by Gasteiger charge is -2.22. The van der Waals surface area contributed by atoms with Crippen LogP contribution in [0.25, 0.3) is 10.8 Å². The molecule has 0 saturated carbocycles. The molecule has 144 valence electrons. The normalized spacial score (nSPS) is 19.8. The number of ether oxygens (including phenoxy) is 1. The first kappa shape index (κ1) is 19.0. The van der Waals surface area contributed by atoms with Gasteiger partial charge in [-0.25, -0.2) is 9.48 Å². The van der Waals surface area contributed by atoms with Crippen LogP contribution in [0.15, 0.2) is 29.1 Å². The van der Waals surface area contributed by atoms with Gasteiger partial charge in [0.25, 0.3) is 11.5 Å². The summed E-state index contributed by atoms with van der Waals surface area (Å²) in [5, 5.41) is 14.6. The summed E-state index contributed by atoms with van der Waals surface area (Å²) in [4.78, 5) is 38.8. The van der Waals surface area contributed by atoms with Crippen molar-refractivity contribution < 1.29 is 19.4 Å². The topological polar surface area (TPSA) is 102 Å². The highest BCUT2D eigenvalue weighted by Crippen LogP contribution is 2.24. The molecule has 0 bridgehead atoms. The fraction of sp³-hybridized carbons (Fsp3) is 0.474. The molecule has 27 heavy (non-hydrogen) atoms. The summed E-state index contributed by atoms with van der Waals surface area (Å²) in [6.07, 6.45) is -0.121. The molecule has 1 aromatic carbocycles. The van der Waals surface area contributed by atoms with Crippen molar-refractivity contribution in [2.75, 3.05) is 13.7 Å². The van der Waals surface area contributed by atoms with Gasteiger partial charge >= 0.3 is 5.97 Å². The summed E-state index contributed by atoms with van der Waals surface area (Å²) in [6, 6.07) is 5.80. The predicted octanol–water partition coefficient (Wildman–Crippen LogP) is 1.37. The van der Waals surface area contributed by atoms with Gasteiger partial charge in [-0.3, -0.25) is 9.59 Å². The number of hydrogen-bond acceptors (Lipinski definition) is 5. The van der Waals surface area contributed by atoms with E-state index in [9.17, 15) is 19.5 Å². The highest BCUT2D eigenvalue weighted by Gasteiger charge is 2.41. The van der Waals surface area contributed by atoms with E-state index >= 15 is 0 Å². The fourth-order valence-corrected chi connectivity index (χ4v) is 3.43. The minimum absolute atomic E-state index is 0.0915. The molecule has 1 saturated heterocycles. The lowest BCUT2D eigenvalue weighted by atomic mass is 10.1. The molecule has 0 aliphatic carbocycles. The minimum Gasteiger partial charge on any atom is -0.480 e. The van der Waals surface area contributed by atoms with Crippen LogP contribution in [0.5, 0.6) is 0 Å². The zero-order chi connectivity index (χ0) is 19.7. The Bertz CT molecular complexity index is 937. The third-order valence-corrected chi connectivity index (χ3v) is 4.75. The Morgan fingerprint density at radius 1 is 1.30 bits per heavy atom. The number of carbonyl (C=O) groups is 2. The van der Waals surface area contributed by atoms with Gasteiger partial charge < -0.3 is 14.7 Å². The predicted molar refractivity (Wildman–Crippen MR) is 98.7 cm³/mol. The molecule has 2 aromatic rings. The first-order valence-corrected chi connectivity index (χ1v) is 8.90. The molecule has 1 aromatic heterocycles. The van der Waals surface area contributed by atoms with Crippen LogP contribution in [0.1, 0.15) is 30.8 Å². The molecule has 0 radical (unpaired) electrons. The Morgan fingerprint density at radius 3 is 2.56 bits per heavy atom. The summed E-state index contributed by atoms with van der Waals surface area (Å²) >= 11 is 0. The van der Waals surface area contributed by atoms with Crippen molar-refractivity contribution in [2.24, 2.45) is 5.92 Å². The number of methoxy groups -OCH3 is 1. The number of benzene rings is 1. The minimum atomic E-state index is -1.08. The molecule has 1 fully saturated rings. The zero-order valence-corrected chi connectivity index (χ0v) is 15.6. The third kappa shape index (κ3) is 3.57. The molecule has 1 aliphatic rings. The van der Waals surface area contributed by atoms with Crippen molar-refractivity contribution in [3.05, 3.63) is 40.3 Å². The second-order valence-electron chi connectivity index (χ2n) is 7.18. The molecule has 2 atom stereocenters. The molecule has 8 heteroatoms. The summed E-state index contributed by atoms with van der Waals surface area (Å²) in [5.41, 5.74) is -0.171. The van der Waals surface area contributed by atoms with Gasteiger partial charge in [0.05, 0.1) is 11.5 Å². The molecule has 0 spiro atoms. The first-order valence-electron chi connectivity index (χ1n) is 8.90. The van der Waals surface area contributed by atoms with Gasteiger partial charge in [-0.15, -0.1) is 0 Å². The number of hydrogen-bond donors (Lipinski definition) is 1. The van der Waals surface area contributed by atoms with Gasteiger partial charge in [-0.1, -0.05) is 32.0 Å². The first-order chi connectivity index (χ1) is 12.8. The number of amides is 1. The van der Waals surface area contributed by atoms with Crippen LogP contribution in [0.2, 0.25) is 0 Å². The number of fused-ring (bicyclic) bond motifs is 1. The monoisotopic (exact) mass is 373 g/mol. The Balaban J connectivity index is 2.12. The Morgan fingerprint density at radius 2 is 1.96 bits per heavy atom. The van der Waals surface area contributed by atoms with Gasteiger partial charge in [-0.05, 0) is 12.0 Å². The Labute approximate surface area is 156 Å². The standard InChI is InChI=1S/C19H23N3O5/c1-11(2)9-22-17(23)14-7-5-4-6-13(14)16(20-22)18(24)21-10-12(27-3)8-15(21)19(25)26/h4-7,11-12,15H,8-10H2,1-3H3,(H,25,26). The molecule has 8 nitrogen and oxygen atoms in total. The quantitative estimate of drug-likeness (QED) is 0.849. The lowest BCUT2D eigenvalue weighted by Crippen LogP contribution is -2.42. The number of aromatic nitrogens is 2. The molecule has 1 amide bonds. The molecular weight excluding hydrogens is 350 g/mol. The molecule has 3 rings (SSSR count). The SMILES string of the molecule is COC1CC(C(=O)O)N(C(=O)c2nn(CC(C)C)c(=O)c3ccccc23)C1. The van der Waals surface area contributed by atoms with E-state index in [2.05, 4.69) is 5.10 Å². The van der Waals surface area contributed by atoms with Gasteiger partial charge in [0.1, 0.15) is 6.04 Å². The number of carboxylic acid groups (broad SMARTS) is 1. The second kappa shape index (κ2) is 7.48. The Hall–Kier alpha value is -2.74. The maximum atomic E-state index is 13.2. The van der Waals surface area contributed by atoms with E-state index in [1.54, 1.807) is 24.3 Å². The van der Waals surface area contributed by atoms with Crippen LogP contribution in [0.4, 0.5) is 0 Å². The number of carboxylic acids is 1. The average molecular weight is 373 g/mol. The van der Waals surface area contributed by atoms with E-state index in [0.29, 0.717) is 17.3 Å². The van der Waals surface area contributed by atoms with E-state index in [1.807, 2.05) is 13.8 Å². The van der Waals surface area contributed by atoms with Crippen LogP contribution in [-0.2, 0) is 16.1 Å². The number of nitrogens with zero attached hydrogens (tertiary/aromatic N) is 3. The molecule has 2 heterocycles. The van der Waals surface area contributed by atoms with Crippen LogP contribution in [0.3, 0.4) is 0 Å². The lowest BCUT2D eigenvalue weighted by molar-refractivity contribution is -0.141. The number of carbonyl (C=O) groups excluding carboxylic acids is 1. The van der Waals surface area contributed by atoms with E-state index < -0.39 is 17.9 Å². The number of likely N-dealkylation sites (tertiary alicyclic amines) is 1. The van der Waals surface area contributed by atoms with E-state index in [4.69, 9.17) is 4.74 Å². The van der Waals surface area contributed by atoms with Crippen molar-refractivity contribution in [1.82, 2.24) is 14.7 Å². The van der Waals surface area contributed by atoms with Gasteiger partial charge in [0.2, 0.25) is 0 Å². The van der Waals surface area contributed by atoms with Crippen molar-refractivity contribution in [3.8, 4) is 0 Å². The average Bonchev–Trinajstić information content (AvgIpc) is 3.08. The summed E-state index contributed by atoms with van der Waals surface area (Å²) in [6.45, 7) is 4.45. The van der Waals surface area contributed by atoms with E-state index in [-0.39, 0.29) is 36.2 Å². The highest BCUT2D eigenvalue weighted by atomic mass is 16.5. The molecule has 1 N–H and O–H groups in total. The fourth-order valence-electron chi connectivity index (χ4n) is 3.43. The number of rotatable bonds is 5. The maximum absolute atomic E-state index is 13.2. The molecule has 2 unspecified atom stereocenters. The maximum Gasteiger partial charge on any atom is 0.326 e. The Kier molecular flexibility index (Phi) is 5.27. The second-order valence-corrected chi connectivity index (χ2v) is 7.18. The van der Waals surface area contributed by atoms with E-state index in [0.717, 1.165) is 0 Å². The van der Waals surface area contributed by atoms with E-state index in [1.165, 1.54) is 16.7 Å². The van der Waals surface area contributed by atoms with Crippen LogP contribution in [-0.4, -0.2) is 57.5 Å². The van der Waals surface area contributed by atoms with Crippen LogP contribution in [0, 0.1) is 5.92 Å². The van der Waals surface area contributed by atoms with Gasteiger partial charge in [0.15, 0.2) is 5.69 Å². The smallest absolute Gasteiger partial charge is 0.326 e. The largest absolute Gasteiger partial charge is 0.480 e. The summed E-state index contributed by atoms with van der Waals surface area (Å²) in [7, 11) is 1.49. The number of aliphatic carboxylic acids is 1. The summed E-state index contributed by atoms with van der Waals surface area (Å²) < 4.78 is 6.55. The molecular formula is C19H23N3O5. The van der Waals surface area contributed by atoms with Gasteiger partial charge in [0, 0.05) is 32.0 Å². The van der Waals surface area contributed by atoms with Crippen molar-refractivity contribution in [3.63, 3.8) is 0 Å². The van der Waals surface area contributed by atoms with Crippen LogP contribution < -0.4 is 5.56 Å². The summed E-state index contributed by atoms with van der Waals surface area (Å²) in [5.74, 6) is -1.42. The van der Waals surface area contributed by atoms with Crippen molar-refractivity contribution in [1.29, 1.82) is 0 Å². The van der Waals surface area contributed by atoms with Crippen molar-refractivity contribution >= 4 is 22.6 Å². The highest BCUT2D eigenvalue weighted by molar-refractivity contribution is 6.06. The zero-order valence-electron chi connectivity index (χ0n) is 15.6. The third-order valence-electron chi connectivity index (χ3n) is 4.75. The molecule has 1 aliphatic heterocycles. The van der Waals surface area contributed by atoms with Crippen LogP contribution >= 0.6 is 0 Å². The van der Waals surface area contributed by atoms with Crippen molar-refractivity contribution in [2.45, 2.75) is 39.0 Å². The van der Waals surface area contributed by atoms with Gasteiger partial charge in [-0.2, -0.15) is 5.10 Å².